The zero-order valence-electron chi connectivity index (χ0n) is 18.1. The van der Waals surface area contributed by atoms with Gasteiger partial charge in [0.05, 0.1) is 16.5 Å². The van der Waals surface area contributed by atoms with Gasteiger partial charge in [-0.1, -0.05) is 47.5 Å². The quantitative estimate of drug-likeness (QED) is 0.738. The van der Waals surface area contributed by atoms with E-state index in [1.807, 2.05) is 6.07 Å². The van der Waals surface area contributed by atoms with Gasteiger partial charge in [-0.05, 0) is 51.3 Å². The van der Waals surface area contributed by atoms with Crippen LogP contribution < -0.4 is 5.32 Å². The van der Waals surface area contributed by atoms with Gasteiger partial charge in [0.15, 0.2) is 0 Å². The summed E-state index contributed by atoms with van der Waals surface area (Å²) in [6.45, 7) is 5.29. The summed E-state index contributed by atoms with van der Waals surface area (Å²) >= 11 is 0. The van der Waals surface area contributed by atoms with Crippen molar-refractivity contribution < 1.29 is 28.8 Å². The molecule has 166 valence electrons. The first-order chi connectivity index (χ1) is 15.1. The van der Waals surface area contributed by atoms with Gasteiger partial charge in [0.25, 0.3) is 11.8 Å². The monoisotopic (exact) mass is 436 g/mol. The van der Waals surface area contributed by atoms with E-state index in [0.29, 0.717) is 10.6 Å². The molecule has 1 aliphatic carbocycles. The van der Waals surface area contributed by atoms with Crippen molar-refractivity contribution >= 4 is 23.9 Å². The standard InChI is InChI=1S/C24H24N2O6/c1-23(2,3)31-22(30)25-16-13-24(14-16,15-9-5-4-6-10-15)21(29)32-26-19(27)17-11-7-8-12-18(17)20(26)28/h4-12,16H,13-14H2,1-3H3,(H,25,30). The largest absolute Gasteiger partial charge is 0.444 e. The highest BCUT2D eigenvalue weighted by Gasteiger charge is 2.55. The van der Waals surface area contributed by atoms with E-state index in [2.05, 4.69) is 5.32 Å². The molecule has 2 aromatic carbocycles. The number of alkyl carbamates (subject to hydrolysis) is 1. The smallest absolute Gasteiger partial charge is 0.407 e. The first kappa shape index (κ1) is 21.5. The van der Waals surface area contributed by atoms with Crippen LogP contribution in [0.4, 0.5) is 4.79 Å². The maximum Gasteiger partial charge on any atom is 0.407 e. The molecule has 1 heterocycles. The topological polar surface area (TPSA) is 102 Å². The predicted molar refractivity (Wildman–Crippen MR) is 114 cm³/mol. The molecule has 0 bridgehead atoms. The van der Waals surface area contributed by atoms with Crippen molar-refractivity contribution in [1.29, 1.82) is 0 Å². The van der Waals surface area contributed by atoms with E-state index in [1.165, 1.54) is 12.1 Å². The van der Waals surface area contributed by atoms with E-state index in [0.717, 1.165) is 0 Å². The number of hydroxylamine groups is 2. The summed E-state index contributed by atoms with van der Waals surface area (Å²) in [5.74, 6) is -2.07. The molecular formula is C24H24N2O6. The number of fused-ring (bicyclic) bond motifs is 1. The second-order valence-corrected chi connectivity index (χ2v) is 9.03. The molecule has 2 aliphatic rings. The van der Waals surface area contributed by atoms with Crippen LogP contribution in [0.3, 0.4) is 0 Å². The van der Waals surface area contributed by atoms with Crippen LogP contribution in [0.25, 0.3) is 0 Å². The van der Waals surface area contributed by atoms with Crippen molar-refractivity contribution in [3.8, 4) is 0 Å². The Labute approximate surface area is 185 Å². The molecule has 8 nitrogen and oxygen atoms in total. The van der Waals surface area contributed by atoms with E-state index < -0.39 is 34.9 Å². The number of carbonyl (C=O) groups excluding carboxylic acids is 4. The normalized spacial score (nSPS) is 22.1. The maximum absolute atomic E-state index is 13.3. The van der Waals surface area contributed by atoms with Gasteiger partial charge in [0.2, 0.25) is 0 Å². The molecule has 0 aromatic heterocycles. The highest BCUT2D eigenvalue weighted by Crippen LogP contribution is 2.45. The molecule has 0 spiro atoms. The molecule has 3 amide bonds. The summed E-state index contributed by atoms with van der Waals surface area (Å²) in [6, 6.07) is 15.0. The average Bonchev–Trinajstić information content (AvgIpc) is 2.95. The van der Waals surface area contributed by atoms with Crippen molar-refractivity contribution in [1.82, 2.24) is 10.4 Å². The van der Waals surface area contributed by atoms with Gasteiger partial charge in [-0.15, -0.1) is 0 Å². The summed E-state index contributed by atoms with van der Waals surface area (Å²) in [6.07, 6.45) is -0.0749. The molecule has 0 atom stereocenters. The lowest BCUT2D eigenvalue weighted by molar-refractivity contribution is -0.180. The SMILES string of the molecule is CC(C)(C)OC(=O)NC1CC(C(=O)ON2C(=O)c3ccccc3C2=O)(c2ccccc2)C1. The van der Waals surface area contributed by atoms with Crippen LogP contribution in [0.15, 0.2) is 54.6 Å². The predicted octanol–water partition coefficient (Wildman–Crippen LogP) is 3.37. The van der Waals surface area contributed by atoms with E-state index in [9.17, 15) is 19.2 Å². The fraction of sp³-hybridized carbons (Fsp3) is 0.333. The van der Waals surface area contributed by atoms with E-state index in [1.54, 1.807) is 57.2 Å². The molecule has 1 saturated carbocycles. The fourth-order valence-corrected chi connectivity index (χ4v) is 4.06. The third-order valence-corrected chi connectivity index (χ3v) is 5.56. The van der Waals surface area contributed by atoms with Crippen LogP contribution in [0.5, 0.6) is 0 Å². The van der Waals surface area contributed by atoms with Gasteiger partial charge >= 0.3 is 12.1 Å². The van der Waals surface area contributed by atoms with Crippen LogP contribution in [0.2, 0.25) is 0 Å². The molecule has 1 N–H and O–H groups in total. The van der Waals surface area contributed by atoms with Crippen LogP contribution in [0, 0.1) is 0 Å². The Morgan fingerprint density at radius 1 is 0.938 bits per heavy atom. The van der Waals surface area contributed by atoms with Gasteiger partial charge in [-0.25, -0.2) is 9.59 Å². The van der Waals surface area contributed by atoms with Crippen LogP contribution in [-0.4, -0.2) is 40.6 Å². The Morgan fingerprint density at radius 2 is 1.47 bits per heavy atom. The number of amides is 3. The molecule has 8 heteroatoms. The van der Waals surface area contributed by atoms with Crippen LogP contribution in [0.1, 0.15) is 59.9 Å². The molecule has 0 radical (unpaired) electrons. The second kappa shape index (κ2) is 7.78. The zero-order chi connectivity index (χ0) is 23.1. The average molecular weight is 436 g/mol. The van der Waals surface area contributed by atoms with Crippen molar-refractivity contribution in [2.24, 2.45) is 0 Å². The van der Waals surface area contributed by atoms with Gasteiger partial charge in [-0.3, -0.25) is 9.59 Å². The van der Waals surface area contributed by atoms with Crippen LogP contribution >= 0.6 is 0 Å². The number of imide groups is 1. The summed E-state index contributed by atoms with van der Waals surface area (Å²) in [4.78, 5) is 56.0. The molecule has 0 unspecified atom stereocenters. The first-order valence-electron chi connectivity index (χ1n) is 10.4. The molecule has 2 aromatic rings. The van der Waals surface area contributed by atoms with E-state index in [-0.39, 0.29) is 30.0 Å². The molecule has 32 heavy (non-hydrogen) atoms. The zero-order valence-corrected chi connectivity index (χ0v) is 18.1. The lowest BCUT2D eigenvalue weighted by Crippen LogP contribution is -2.59. The van der Waals surface area contributed by atoms with Gasteiger partial charge in [0, 0.05) is 6.04 Å². The van der Waals surface area contributed by atoms with Gasteiger partial charge in [-0.2, -0.15) is 0 Å². The lowest BCUT2D eigenvalue weighted by atomic mass is 9.61. The summed E-state index contributed by atoms with van der Waals surface area (Å²) < 4.78 is 5.29. The summed E-state index contributed by atoms with van der Waals surface area (Å²) in [5, 5.41) is 3.28. The number of benzene rings is 2. The number of hydrogen-bond donors (Lipinski definition) is 1. The third kappa shape index (κ3) is 3.84. The summed E-state index contributed by atoms with van der Waals surface area (Å²) in [7, 11) is 0. The minimum atomic E-state index is -1.10. The Kier molecular flexibility index (Phi) is 5.24. The minimum absolute atomic E-state index is 0.192. The highest BCUT2D eigenvalue weighted by atomic mass is 16.7. The third-order valence-electron chi connectivity index (χ3n) is 5.56. The number of rotatable bonds is 4. The number of nitrogens with zero attached hydrogens (tertiary/aromatic N) is 1. The van der Waals surface area contributed by atoms with E-state index in [4.69, 9.17) is 9.57 Å². The number of hydrogen-bond acceptors (Lipinski definition) is 6. The molecule has 0 saturated heterocycles. The number of carbonyl (C=O) groups is 4. The van der Waals surface area contributed by atoms with Gasteiger partial charge < -0.3 is 14.9 Å². The van der Waals surface area contributed by atoms with Gasteiger partial charge in [0.1, 0.15) is 5.60 Å². The van der Waals surface area contributed by atoms with Crippen LogP contribution in [-0.2, 0) is 19.8 Å². The fourth-order valence-electron chi connectivity index (χ4n) is 4.06. The minimum Gasteiger partial charge on any atom is -0.444 e. The molecule has 1 aliphatic heterocycles. The highest BCUT2D eigenvalue weighted by molar-refractivity contribution is 6.21. The van der Waals surface area contributed by atoms with Crippen molar-refractivity contribution in [3.05, 3.63) is 71.3 Å². The molecule has 4 rings (SSSR count). The van der Waals surface area contributed by atoms with Crippen molar-refractivity contribution in [3.63, 3.8) is 0 Å². The number of ether oxygens (including phenoxy) is 1. The molecule has 1 fully saturated rings. The van der Waals surface area contributed by atoms with Crippen molar-refractivity contribution in [2.45, 2.75) is 50.7 Å². The summed E-state index contributed by atoms with van der Waals surface area (Å²) in [5.41, 5.74) is -0.677. The number of nitrogens with one attached hydrogen (secondary N) is 1. The van der Waals surface area contributed by atoms with E-state index >= 15 is 0 Å². The van der Waals surface area contributed by atoms with Crippen molar-refractivity contribution in [2.75, 3.05) is 0 Å². The Hall–Kier alpha value is -3.68. The Morgan fingerprint density at radius 3 is 2.00 bits per heavy atom. The first-order valence-corrected chi connectivity index (χ1v) is 10.4. The lowest BCUT2D eigenvalue weighted by Gasteiger charge is -2.45. The second-order valence-electron chi connectivity index (χ2n) is 9.03. The Balaban J connectivity index is 1.52. The maximum atomic E-state index is 13.3. The Bertz CT molecular complexity index is 1050. The molecular weight excluding hydrogens is 412 g/mol.